The molecule has 0 N–H and O–H groups in total. The first-order chi connectivity index (χ1) is 15.5. The van der Waals surface area contributed by atoms with Crippen LogP contribution in [0, 0.1) is 0 Å². The van der Waals surface area contributed by atoms with Crippen molar-refractivity contribution in [3.8, 4) is 11.1 Å². The van der Waals surface area contributed by atoms with Gasteiger partial charge in [0.05, 0.1) is 12.7 Å². The zero-order chi connectivity index (χ0) is 22.8. The van der Waals surface area contributed by atoms with Gasteiger partial charge in [0.25, 0.3) is 0 Å². The van der Waals surface area contributed by atoms with Crippen molar-refractivity contribution in [2.45, 2.75) is 26.5 Å². The number of esters is 1. The summed E-state index contributed by atoms with van der Waals surface area (Å²) < 4.78 is 10.3. The monoisotopic (exact) mass is 456 g/mol. The molecule has 1 heterocycles. The van der Waals surface area contributed by atoms with Gasteiger partial charge in [0.2, 0.25) is 0 Å². The fourth-order valence-corrected chi connectivity index (χ4v) is 3.76. The Morgan fingerprint density at radius 3 is 2.16 bits per heavy atom. The van der Waals surface area contributed by atoms with Crippen LogP contribution >= 0.6 is 11.6 Å². The lowest BCUT2D eigenvalue weighted by molar-refractivity contribution is -0.152. The van der Waals surface area contributed by atoms with Crippen molar-refractivity contribution in [3.63, 3.8) is 0 Å². The first kappa shape index (κ1) is 24.5. The third-order valence-electron chi connectivity index (χ3n) is 5.33. The van der Waals surface area contributed by atoms with Crippen molar-refractivity contribution in [1.29, 1.82) is 0 Å². The SMILES string of the molecule is CC(C)OC(=O)COC/C=C\CN1CCN(Cc2ccc(-c3ccc(Cl)cc3)cc2)CC1. The minimum absolute atomic E-state index is 0.00186. The molecular weight excluding hydrogens is 424 g/mol. The summed E-state index contributed by atoms with van der Waals surface area (Å²) in [6.45, 7) is 10.2. The van der Waals surface area contributed by atoms with E-state index in [4.69, 9.17) is 21.1 Å². The molecule has 0 spiro atoms. The number of hydrogen-bond acceptors (Lipinski definition) is 5. The van der Waals surface area contributed by atoms with Crippen LogP contribution in [-0.2, 0) is 20.8 Å². The third kappa shape index (κ3) is 8.40. The second kappa shape index (κ2) is 12.8. The molecule has 0 radical (unpaired) electrons. The minimum atomic E-state index is -0.316. The molecule has 0 bridgehead atoms. The number of carbonyl (C=O) groups excluding carboxylic acids is 1. The Morgan fingerprint density at radius 2 is 1.53 bits per heavy atom. The quantitative estimate of drug-likeness (QED) is 0.296. The topological polar surface area (TPSA) is 42.0 Å². The number of benzene rings is 2. The highest BCUT2D eigenvalue weighted by molar-refractivity contribution is 6.30. The summed E-state index contributed by atoms with van der Waals surface area (Å²) in [5.74, 6) is -0.316. The van der Waals surface area contributed by atoms with E-state index in [1.54, 1.807) is 0 Å². The number of nitrogens with zero attached hydrogens (tertiary/aromatic N) is 2. The first-order valence-corrected chi connectivity index (χ1v) is 11.6. The van der Waals surface area contributed by atoms with Crippen LogP contribution in [0.1, 0.15) is 19.4 Å². The van der Waals surface area contributed by atoms with Crippen LogP contribution in [0.4, 0.5) is 0 Å². The van der Waals surface area contributed by atoms with Gasteiger partial charge >= 0.3 is 5.97 Å². The number of piperazine rings is 1. The van der Waals surface area contributed by atoms with Crippen LogP contribution in [0.15, 0.2) is 60.7 Å². The molecule has 1 aliphatic heterocycles. The van der Waals surface area contributed by atoms with E-state index in [2.05, 4.69) is 52.3 Å². The molecule has 0 amide bonds. The standard InChI is InChI=1S/C26H33ClN2O3/c1-21(2)32-26(30)20-31-18-4-3-13-28-14-16-29(17-15-28)19-22-5-7-23(8-6-22)24-9-11-25(27)12-10-24/h3-12,21H,13-20H2,1-2H3/b4-3-. The molecule has 3 rings (SSSR count). The largest absolute Gasteiger partial charge is 0.461 e. The molecule has 6 heteroatoms. The molecule has 32 heavy (non-hydrogen) atoms. The van der Waals surface area contributed by atoms with Crippen LogP contribution in [0.3, 0.4) is 0 Å². The normalized spacial score (nSPS) is 15.5. The van der Waals surface area contributed by atoms with E-state index in [1.807, 2.05) is 32.1 Å². The van der Waals surface area contributed by atoms with Crippen LogP contribution < -0.4 is 0 Å². The lowest BCUT2D eigenvalue weighted by Crippen LogP contribution is -2.45. The van der Waals surface area contributed by atoms with E-state index < -0.39 is 0 Å². The number of ether oxygens (including phenoxy) is 2. The van der Waals surface area contributed by atoms with Gasteiger partial charge in [-0.15, -0.1) is 0 Å². The Bertz CT molecular complexity index is 858. The van der Waals surface area contributed by atoms with Crippen molar-refractivity contribution < 1.29 is 14.3 Å². The Morgan fingerprint density at radius 1 is 0.938 bits per heavy atom. The summed E-state index contributed by atoms with van der Waals surface area (Å²) in [5, 5.41) is 0.761. The fourth-order valence-electron chi connectivity index (χ4n) is 3.63. The van der Waals surface area contributed by atoms with Crippen molar-refractivity contribution in [3.05, 3.63) is 71.3 Å². The lowest BCUT2D eigenvalue weighted by Gasteiger charge is -2.34. The highest BCUT2D eigenvalue weighted by Gasteiger charge is 2.16. The number of hydrogen-bond donors (Lipinski definition) is 0. The summed E-state index contributed by atoms with van der Waals surface area (Å²) in [6, 6.07) is 16.8. The summed E-state index contributed by atoms with van der Waals surface area (Å²) in [6.07, 6.45) is 3.98. The summed E-state index contributed by atoms with van der Waals surface area (Å²) >= 11 is 5.98. The molecule has 1 saturated heterocycles. The van der Waals surface area contributed by atoms with Gasteiger partial charge in [-0.25, -0.2) is 4.79 Å². The van der Waals surface area contributed by atoms with Crippen LogP contribution in [0.25, 0.3) is 11.1 Å². The van der Waals surface area contributed by atoms with E-state index in [0.717, 1.165) is 44.3 Å². The first-order valence-electron chi connectivity index (χ1n) is 11.2. The van der Waals surface area contributed by atoms with Gasteiger partial charge in [-0.1, -0.05) is 60.2 Å². The Hall–Kier alpha value is -2.18. The van der Waals surface area contributed by atoms with E-state index in [-0.39, 0.29) is 18.7 Å². The van der Waals surface area contributed by atoms with Gasteiger partial charge in [-0.3, -0.25) is 9.80 Å². The molecule has 1 aliphatic rings. The highest BCUT2D eigenvalue weighted by Crippen LogP contribution is 2.22. The maximum atomic E-state index is 11.4. The predicted molar refractivity (Wildman–Crippen MR) is 130 cm³/mol. The van der Waals surface area contributed by atoms with Gasteiger partial charge in [-0.05, 0) is 42.7 Å². The average Bonchev–Trinajstić information content (AvgIpc) is 2.78. The summed E-state index contributed by atoms with van der Waals surface area (Å²) in [5.41, 5.74) is 3.73. The molecule has 5 nitrogen and oxygen atoms in total. The number of halogens is 1. The zero-order valence-corrected chi connectivity index (χ0v) is 19.8. The Labute approximate surface area is 196 Å². The highest BCUT2D eigenvalue weighted by atomic mass is 35.5. The number of carbonyl (C=O) groups is 1. The molecule has 0 aromatic heterocycles. The van der Waals surface area contributed by atoms with Gasteiger partial charge < -0.3 is 9.47 Å². The van der Waals surface area contributed by atoms with Gasteiger partial charge in [0, 0.05) is 44.3 Å². The maximum absolute atomic E-state index is 11.4. The molecule has 2 aromatic rings. The maximum Gasteiger partial charge on any atom is 0.332 e. The van der Waals surface area contributed by atoms with Gasteiger partial charge in [0.1, 0.15) is 6.61 Å². The molecule has 0 atom stereocenters. The van der Waals surface area contributed by atoms with Crippen LogP contribution in [-0.4, -0.2) is 67.8 Å². The van der Waals surface area contributed by atoms with E-state index in [9.17, 15) is 4.79 Å². The molecular formula is C26H33ClN2O3. The van der Waals surface area contributed by atoms with Crippen molar-refractivity contribution in [1.82, 2.24) is 9.80 Å². The van der Waals surface area contributed by atoms with Crippen LogP contribution in [0.2, 0.25) is 5.02 Å². The predicted octanol–water partition coefficient (Wildman–Crippen LogP) is 4.65. The van der Waals surface area contributed by atoms with E-state index in [1.165, 1.54) is 16.7 Å². The van der Waals surface area contributed by atoms with Gasteiger partial charge in [-0.2, -0.15) is 0 Å². The molecule has 0 saturated carbocycles. The number of rotatable bonds is 10. The fraction of sp³-hybridized carbons (Fsp3) is 0.423. The molecule has 0 aliphatic carbocycles. The summed E-state index contributed by atoms with van der Waals surface area (Å²) in [4.78, 5) is 16.3. The minimum Gasteiger partial charge on any atom is -0.461 e. The third-order valence-corrected chi connectivity index (χ3v) is 5.59. The molecule has 1 fully saturated rings. The molecule has 172 valence electrons. The van der Waals surface area contributed by atoms with E-state index >= 15 is 0 Å². The lowest BCUT2D eigenvalue weighted by atomic mass is 10.0. The van der Waals surface area contributed by atoms with Crippen LogP contribution in [0.5, 0.6) is 0 Å². The zero-order valence-electron chi connectivity index (χ0n) is 19.0. The molecule has 2 aromatic carbocycles. The van der Waals surface area contributed by atoms with Crippen molar-refractivity contribution in [2.75, 3.05) is 45.9 Å². The smallest absolute Gasteiger partial charge is 0.332 e. The van der Waals surface area contributed by atoms with E-state index in [0.29, 0.717) is 6.61 Å². The van der Waals surface area contributed by atoms with Crippen molar-refractivity contribution >= 4 is 17.6 Å². The second-order valence-electron chi connectivity index (χ2n) is 8.31. The summed E-state index contributed by atoms with van der Waals surface area (Å²) in [7, 11) is 0. The average molecular weight is 457 g/mol. The van der Waals surface area contributed by atoms with Gasteiger partial charge in [0.15, 0.2) is 0 Å². The second-order valence-corrected chi connectivity index (χ2v) is 8.74. The Balaban J connectivity index is 1.32. The van der Waals surface area contributed by atoms with Crippen molar-refractivity contribution in [2.24, 2.45) is 0 Å². The molecule has 0 unspecified atom stereocenters. The Kier molecular flexibility index (Phi) is 9.75.